The first-order chi connectivity index (χ1) is 8.79. The number of rotatable bonds is 3. The van der Waals surface area contributed by atoms with Gasteiger partial charge in [0.25, 0.3) is 0 Å². The molecule has 0 spiro atoms. The van der Waals surface area contributed by atoms with Crippen LogP contribution in [0.25, 0.3) is 11.0 Å². The van der Waals surface area contributed by atoms with E-state index in [4.69, 9.17) is 5.73 Å². The van der Waals surface area contributed by atoms with E-state index in [1.807, 2.05) is 25.4 Å². The van der Waals surface area contributed by atoms with Crippen LogP contribution in [0.15, 0.2) is 30.9 Å². The molecular weight excluding hydrogens is 228 g/mol. The average Bonchev–Trinajstić information content (AvgIpc) is 2.95. The maximum Gasteiger partial charge on any atom is 0.146 e. The van der Waals surface area contributed by atoms with Gasteiger partial charge in [0.1, 0.15) is 17.8 Å². The van der Waals surface area contributed by atoms with E-state index in [1.165, 1.54) is 0 Å². The molecule has 92 valence electrons. The van der Waals surface area contributed by atoms with E-state index in [-0.39, 0.29) is 0 Å². The summed E-state index contributed by atoms with van der Waals surface area (Å²) in [5.41, 5.74) is 7.79. The van der Waals surface area contributed by atoms with Crippen molar-refractivity contribution in [1.29, 1.82) is 0 Å². The zero-order chi connectivity index (χ0) is 12.5. The van der Waals surface area contributed by atoms with Crippen molar-refractivity contribution in [2.75, 3.05) is 0 Å². The van der Waals surface area contributed by atoms with Crippen molar-refractivity contribution < 1.29 is 0 Å². The molecule has 3 heterocycles. The van der Waals surface area contributed by atoms with Crippen LogP contribution in [0.2, 0.25) is 0 Å². The van der Waals surface area contributed by atoms with Crippen molar-refractivity contribution in [3.8, 4) is 0 Å². The summed E-state index contributed by atoms with van der Waals surface area (Å²) in [6.45, 7) is 1.15. The largest absolute Gasteiger partial charge is 0.326 e. The molecule has 0 saturated carbocycles. The van der Waals surface area contributed by atoms with Crippen molar-refractivity contribution in [1.82, 2.24) is 24.3 Å². The number of nitrogens with two attached hydrogens (primary N) is 1. The number of hydrogen-bond donors (Lipinski definition) is 1. The van der Waals surface area contributed by atoms with E-state index >= 15 is 0 Å². The van der Waals surface area contributed by atoms with Crippen molar-refractivity contribution in [2.24, 2.45) is 12.8 Å². The van der Waals surface area contributed by atoms with Crippen molar-refractivity contribution >= 4 is 11.0 Å². The summed E-state index contributed by atoms with van der Waals surface area (Å²) in [6, 6.07) is 3.96. The lowest BCUT2D eigenvalue weighted by Crippen LogP contribution is -2.06. The number of aryl methyl sites for hydroxylation is 1. The van der Waals surface area contributed by atoms with Crippen LogP contribution >= 0.6 is 0 Å². The molecule has 0 aliphatic rings. The fourth-order valence-electron chi connectivity index (χ4n) is 2.09. The molecular formula is C12H14N6. The standard InChI is InChI=1S/C12H14N6/c1-17-11(15-8-16-17)7-18-6-9(5-13)10-3-2-4-14-12(10)18/h2-4,6,8H,5,7,13H2,1H3. The third kappa shape index (κ3) is 1.67. The molecule has 3 aromatic heterocycles. The molecule has 0 fully saturated rings. The van der Waals surface area contributed by atoms with E-state index in [1.54, 1.807) is 17.2 Å². The van der Waals surface area contributed by atoms with E-state index < -0.39 is 0 Å². The Labute approximate surface area is 104 Å². The Morgan fingerprint density at radius 1 is 1.33 bits per heavy atom. The summed E-state index contributed by atoms with van der Waals surface area (Å²) in [7, 11) is 1.88. The minimum Gasteiger partial charge on any atom is -0.326 e. The lowest BCUT2D eigenvalue weighted by Gasteiger charge is -2.03. The van der Waals surface area contributed by atoms with Gasteiger partial charge in [0.15, 0.2) is 0 Å². The van der Waals surface area contributed by atoms with Gasteiger partial charge in [0.05, 0.1) is 6.54 Å². The molecule has 0 radical (unpaired) electrons. The molecule has 0 atom stereocenters. The summed E-state index contributed by atoms with van der Waals surface area (Å²) in [5.74, 6) is 0.890. The normalized spacial score (nSPS) is 11.2. The quantitative estimate of drug-likeness (QED) is 0.732. The van der Waals surface area contributed by atoms with Crippen molar-refractivity contribution in [3.05, 3.63) is 42.2 Å². The topological polar surface area (TPSA) is 74.5 Å². The van der Waals surface area contributed by atoms with E-state index in [9.17, 15) is 0 Å². The Kier molecular flexibility index (Phi) is 2.56. The SMILES string of the molecule is Cn1ncnc1Cn1cc(CN)c2cccnc21. The molecule has 0 amide bonds. The highest BCUT2D eigenvalue weighted by atomic mass is 15.3. The predicted octanol–water partition coefficient (Wildman–Crippen LogP) is 0.672. The van der Waals surface area contributed by atoms with Gasteiger partial charge < -0.3 is 10.3 Å². The number of aromatic nitrogens is 5. The van der Waals surface area contributed by atoms with E-state index in [0.29, 0.717) is 13.1 Å². The Morgan fingerprint density at radius 3 is 2.94 bits per heavy atom. The molecule has 6 heteroatoms. The summed E-state index contributed by atoms with van der Waals surface area (Å²) in [6.07, 6.45) is 5.38. The van der Waals surface area contributed by atoms with Crippen LogP contribution in [0.4, 0.5) is 0 Å². The van der Waals surface area contributed by atoms with Crippen LogP contribution in [0, 0.1) is 0 Å². The van der Waals surface area contributed by atoms with Crippen LogP contribution in [-0.4, -0.2) is 24.3 Å². The van der Waals surface area contributed by atoms with Crippen LogP contribution in [-0.2, 0) is 20.1 Å². The van der Waals surface area contributed by atoms with Gasteiger partial charge >= 0.3 is 0 Å². The zero-order valence-electron chi connectivity index (χ0n) is 10.1. The van der Waals surface area contributed by atoms with Crippen LogP contribution < -0.4 is 5.73 Å². The first kappa shape index (κ1) is 10.9. The molecule has 0 saturated heterocycles. The third-order valence-corrected chi connectivity index (χ3v) is 3.05. The van der Waals surface area contributed by atoms with Gasteiger partial charge in [-0.2, -0.15) is 5.10 Å². The average molecular weight is 242 g/mol. The molecule has 0 aliphatic heterocycles. The fourth-order valence-corrected chi connectivity index (χ4v) is 2.09. The highest BCUT2D eigenvalue weighted by Crippen LogP contribution is 2.19. The van der Waals surface area contributed by atoms with Gasteiger partial charge in [-0.3, -0.25) is 4.68 Å². The molecule has 2 N–H and O–H groups in total. The van der Waals surface area contributed by atoms with E-state index in [2.05, 4.69) is 19.6 Å². The Bertz CT molecular complexity index is 681. The first-order valence-electron chi connectivity index (χ1n) is 5.75. The fraction of sp³-hybridized carbons (Fsp3) is 0.250. The second-order valence-corrected chi connectivity index (χ2v) is 4.16. The van der Waals surface area contributed by atoms with Crippen LogP contribution in [0.5, 0.6) is 0 Å². The maximum absolute atomic E-state index is 5.76. The van der Waals surface area contributed by atoms with Crippen LogP contribution in [0.1, 0.15) is 11.4 Å². The van der Waals surface area contributed by atoms with Gasteiger partial charge in [-0.05, 0) is 17.7 Å². The van der Waals surface area contributed by atoms with Crippen molar-refractivity contribution in [2.45, 2.75) is 13.1 Å². The maximum atomic E-state index is 5.76. The molecule has 3 rings (SSSR count). The highest BCUT2D eigenvalue weighted by Gasteiger charge is 2.10. The highest BCUT2D eigenvalue weighted by molar-refractivity contribution is 5.80. The van der Waals surface area contributed by atoms with Crippen LogP contribution in [0.3, 0.4) is 0 Å². The molecule has 0 bridgehead atoms. The Morgan fingerprint density at radius 2 is 2.22 bits per heavy atom. The second kappa shape index (κ2) is 4.23. The summed E-state index contributed by atoms with van der Waals surface area (Å²) < 4.78 is 3.82. The first-order valence-corrected chi connectivity index (χ1v) is 5.75. The second-order valence-electron chi connectivity index (χ2n) is 4.16. The minimum atomic E-state index is 0.508. The van der Waals surface area contributed by atoms with Gasteiger partial charge in [-0.15, -0.1) is 0 Å². The molecule has 0 unspecified atom stereocenters. The summed E-state index contributed by atoms with van der Waals surface area (Å²) >= 11 is 0. The van der Waals surface area contributed by atoms with Gasteiger partial charge in [-0.1, -0.05) is 0 Å². The number of nitrogens with zero attached hydrogens (tertiary/aromatic N) is 5. The van der Waals surface area contributed by atoms with Crippen molar-refractivity contribution in [3.63, 3.8) is 0 Å². The molecule has 0 aliphatic carbocycles. The molecule has 0 aromatic carbocycles. The summed E-state index contributed by atoms with van der Waals surface area (Å²) in [5, 5.41) is 5.17. The molecule has 18 heavy (non-hydrogen) atoms. The molecule has 3 aromatic rings. The van der Waals surface area contributed by atoms with Gasteiger partial charge in [0.2, 0.25) is 0 Å². The smallest absolute Gasteiger partial charge is 0.146 e. The monoisotopic (exact) mass is 242 g/mol. The Hall–Kier alpha value is -2.21. The van der Waals surface area contributed by atoms with Gasteiger partial charge in [-0.25, -0.2) is 9.97 Å². The number of pyridine rings is 1. The summed E-state index contributed by atoms with van der Waals surface area (Å²) in [4.78, 5) is 8.63. The lowest BCUT2D eigenvalue weighted by atomic mass is 10.2. The van der Waals surface area contributed by atoms with Gasteiger partial charge in [0, 0.05) is 31.4 Å². The zero-order valence-corrected chi connectivity index (χ0v) is 10.1. The lowest BCUT2D eigenvalue weighted by molar-refractivity contribution is 0.661. The number of fused-ring (bicyclic) bond motifs is 1. The minimum absolute atomic E-state index is 0.508. The third-order valence-electron chi connectivity index (χ3n) is 3.05. The molecule has 6 nitrogen and oxygen atoms in total. The Balaban J connectivity index is 2.09. The predicted molar refractivity (Wildman–Crippen MR) is 67.7 cm³/mol. The van der Waals surface area contributed by atoms with E-state index in [0.717, 1.165) is 22.4 Å². The number of hydrogen-bond acceptors (Lipinski definition) is 4.